The van der Waals surface area contributed by atoms with Crippen LogP contribution < -0.4 is 10.8 Å². The van der Waals surface area contributed by atoms with E-state index in [1.807, 2.05) is 0 Å². The molecule has 152 valence electrons. The highest BCUT2D eigenvalue weighted by molar-refractivity contribution is 5.81. The van der Waals surface area contributed by atoms with Crippen LogP contribution in [0, 0.1) is 29.6 Å². The van der Waals surface area contributed by atoms with Crippen molar-refractivity contribution in [3.05, 3.63) is 0 Å². The van der Waals surface area contributed by atoms with Gasteiger partial charge in [-0.3, -0.25) is 9.63 Å². The summed E-state index contributed by atoms with van der Waals surface area (Å²) in [5, 5.41) is 3.14. The van der Waals surface area contributed by atoms with E-state index in [9.17, 15) is 4.79 Å². The average molecular weight is 376 g/mol. The predicted molar refractivity (Wildman–Crippen MR) is 105 cm³/mol. The Bertz CT molecular complexity index is 536. The molecule has 2 aliphatic carbocycles. The molecule has 2 saturated carbocycles. The zero-order chi connectivity index (χ0) is 18.2. The lowest BCUT2D eigenvalue weighted by Gasteiger charge is -2.36. The van der Waals surface area contributed by atoms with Gasteiger partial charge in [-0.2, -0.15) is 5.48 Å². The van der Waals surface area contributed by atoms with Crippen molar-refractivity contribution >= 4 is 5.91 Å². The zero-order valence-corrected chi connectivity index (χ0v) is 16.7. The van der Waals surface area contributed by atoms with Gasteiger partial charge in [-0.25, -0.2) is 0 Å². The molecule has 5 nitrogen and oxygen atoms in total. The molecule has 1 amide bonds. The summed E-state index contributed by atoms with van der Waals surface area (Å²) in [6.07, 6.45) is 13.6. The second-order valence-electron chi connectivity index (χ2n) is 10.0. The van der Waals surface area contributed by atoms with Gasteiger partial charge in [0.05, 0.1) is 6.10 Å². The highest BCUT2D eigenvalue weighted by atomic mass is 16.7. The van der Waals surface area contributed by atoms with Crippen LogP contribution in [-0.4, -0.2) is 49.1 Å². The van der Waals surface area contributed by atoms with Crippen molar-refractivity contribution in [3.63, 3.8) is 0 Å². The highest BCUT2D eigenvalue weighted by Gasteiger charge is 2.46. The minimum absolute atomic E-state index is 0.316. The third-order valence-electron chi connectivity index (χ3n) is 8.47. The Morgan fingerprint density at radius 1 is 0.963 bits per heavy atom. The van der Waals surface area contributed by atoms with E-state index in [1.54, 1.807) is 0 Å². The molecule has 3 aliphatic heterocycles. The molecule has 6 unspecified atom stereocenters. The third kappa shape index (κ3) is 3.79. The molecule has 3 saturated heterocycles. The van der Waals surface area contributed by atoms with Crippen LogP contribution in [0.5, 0.6) is 0 Å². The Balaban J connectivity index is 1.11. The fourth-order valence-electron chi connectivity index (χ4n) is 7.02. The minimum atomic E-state index is 0.316. The van der Waals surface area contributed by atoms with Crippen LogP contribution in [0.1, 0.15) is 64.2 Å². The van der Waals surface area contributed by atoms with Gasteiger partial charge in [-0.05, 0) is 68.7 Å². The molecular weight excluding hydrogens is 338 g/mol. The maximum Gasteiger partial charge on any atom is 0.223 e. The van der Waals surface area contributed by atoms with E-state index in [2.05, 4.69) is 15.7 Å². The Morgan fingerprint density at radius 3 is 2.74 bits per heavy atom. The molecule has 0 spiro atoms. The molecule has 0 radical (unpaired) electrons. The van der Waals surface area contributed by atoms with E-state index in [-0.39, 0.29) is 0 Å². The van der Waals surface area contributed by atoms with Crippen LogP contribution in [0.4, 0.5) is 0 Å². The summed E-state index contributed by atoms with van der Waals surface area (Å²) in [6, 6.07) is 0.586. The molecule has 5 rings (SSSR count). The summed E-state index contributed by atoms with van der Waals surface area (Å²) in [5.74, 6) is 3.63. The Morgan fingerprint density at radius 2 is 1.85 bits per heavy atom. The molecule has 6 atom stereocenters. The lowest BCUT2D eigenvalue weighted by Crippen LogP contribution is -2.36. The summed E-state index contributed by atoms with van der Waals surface area (Å²) < 4.78 is 0. The fourth-order valence-corrected chi connectivity index (χ4v) is 7.02. The first-order valence-electron chi connectivity index (χ1n) is 11.7. The maximum absolute atomic E-state index is 12.1. The molecule has 27 heavy (non-hydrogen) atoms. The van der Waals surface area contributed by atoms with E-state index in [1.165, 1.54) is 70.9 Å². The number of amides is 1. The topological polar surface area (TPSA) is 53.6 Å². The van der Waals surface area contributed by atoms with Gasteiger partial charge in [-0.1, -0.05) is 25.7 Å². The molecule has 0 aromatic carbocycles. The SMILES string of the molecule is O=C1NCC2C1CCCC2C1CCN(CC2CC(C3CCCCC3)NO2)C1. The third-order valence-corrected chi connectivity index (χ3v) is 8.47. The van der Waals surface area contributed by atoms with Gasteiger partial charge < -0.3 is 10.2 Å². The van der Waals surface area contributed by atoms with Gasteiger partial charge in [-0.15, -0.1) is 0 Å². The molecule has 0 aromatic heterocycles. The number of nitrogens with zero attached hydrogens (tertiary/aromatic N) is 1. The quantitative estimate of drug-likeness (QED) is 0.793. The van der Waals surface area contributed by atoms with E-state index in [0.29, 0.717) is 29.9 Å². The first-order valence-corrected chi connectivity index (χ1v) is 11.7. The zero-order valence-electron chi connectivity index (χ0n) is 16.7. The Kier molecular flexibility index (Phi) is 5.45. The van der Waals surface area contributed by atoms with Gasteiger partial charge >= 0.3 is 0 Å². The number of carbonyl (C=O) groups is 1. The molecule has 5 aliphatic rings. The summed E-state index contributed by atoms with van der Waals surface area (Å²) >= 11 is 0. The number of carbonyl (C=O) groups excluding carboxylic acids is 1. The van der Waals surface area contributed by atoms with E-state index >= 15 is 0 Å². The van der Waals surface area contributed by atoms with Crippen molar-refractivity contribution in [2.24, 2.45) is 29.6 Å². The van der Waals surface area contributed by atoms with Crippen LogP contribution in [0.2, 0.25) is 0 Å². The molecule has 0 bridgehead atoms. The number of hydrogen-bond donors (Lipinski definition) is 2. The van der Waals surface area contributed by atoms with E-state index < -0.39 is 0 Å². The van der Waals surface area contributed by atoms with Crippen molar-refractivity contribution in [1.82, 2.24) is 15.7 Å². The van der Waals surface area contributed by atoms with Crippen molar-refractivity contribution < 1.29 is 9.63 Å². The molecular formula is C22H37N3O2. The minimum Gasteiger partial charge on any atom is -0.356 e. The summed E-state index contributed by atoms with van der Waals surface area (Å²) in [7, 11) is 0. The van der Waals surface area contributed by atoms with Gasteiger partial charge in [0.15, 0.2) is 0 Å². The lowest BCUT2D eigenvalue weighted by molar-refractivity contribution is -0.124. The fraction of sp³-hybridized carbons (Fsp3) is 0.955. The average Bonchev–Trinajstić information content (AvgIpc) is 3.44. The smallest absolute Gasteiger partial charge is 0.223 e. The normalized spacial score (nSPS) is 43.8. The summed E-state index contributed by atoms with van der Waals surface area (Å²) in [5.41, 5.74) is 3.39. The number of likely N-dealkylation sites (tertiary alicyclic amines) is 1. The number of fused-ring (bicyclic) bond motifs is 1. The molecule has 3 heterocycles. The largest absolute Gasteiger partial charge is 0.356 e. The highest BCUT2D eigenvalue weighted by Crippen LogP contribution is 2.44. The Labute approximate surface area is 163 Å². The second-order valence-corrected chi connectivity index (χ2v) is 10.0. The molecule has 0 aromatic rings. The summed E-state index contributed by atoms with van der Waals surface area (Å²) in [6.45, 7) is 4.46. The van der Waals surface area contributed by atoms with Crippen molar-refractivity contribution in [2.75, 3.05) is 26.2 Å². The monoisotopic (exact) mass is 375 g/mol. The van der Waals surface area contributed by atoms with E-state index in [4.69, 9.17) is 4.84 Å². The number of hydroxylamine groups is 1. The maximum atomic E-state index is 12.1. The first kappa shape index (κ1) is 18.4. The standard InChI is InChI=1S/C22H37N3O2/c26-22-19-8-4-7-18(20(19)12-23-22)16-9-10-25(13-16)14-17-11-21(24-27-17)15-5-2-1-3-6-15/h15-21,24H,1-14H2,(H,23,26). The van der Waals surface area contributed by atoms with Crippen LogP contribution in [-0.2, 0) is 9.63 Å². The van der Waals surface area contributed by atoms with Crippen LogP contribution in [0.3, 0.4) is 0 Å². The second kappa shape index (κ2) is 8.00. The molecule has 2 N–H and O–H groups in total. The Hall–Kier alpha value is -0.650. The van der Waals surface area contributed by atoms with Crippen LogP contribution in [0.25, 0.3) is 0 Å². The number of rotatable bonds is 4. The number of nitrogens with one attached hydrogen (secondary N) is 2. The molecule has 5 heteroatoms. The van der Waals surface area contributed by atoms with Gasteiger partial charge in [0.2, 0.25) is 5.91 Å². The van der Waals surface area contributed by atoms with Gasteiger partial charge in [0.25, 0.3) is 0 Å². The van der Waals surface area contributed by atoms with Gasteiger partial charge in [0.1, 0.15) is 0 Å². The van der Waals surface area contributed by atoms with E-state index in [0.717, 1.165) is 37.3 Å². The first-order chi connectivity index (χ1) is 13.3. The van der Waals surface area contributed by atoms with Gasteiger partial charge in [0, 0.05) is 31.6 Å². The van der Waals surface area contributed by atoms with Crippen molar-refractivity contribution in [2.45, 2.75) is 76.4 Å². The number of hydrogen-bond acceptors (Lipinski definition) is 4. The molecule has 5 fully saturated rings. The predicted octanol–water partition coefficient (Wildman–Crippen LogP) is 2.71. The lowest BCUT2D eigenvalue weighted by atomic mass is 9.68. The van der Waals surface area contributed by atoms with Crippen LogP contribution in [0.15, 0.2) is 0 Å². The van der Waals surface area contributed by atoms with Crippen molar-refractivity contribution in [1.29, 1.82) is 0 Å². The summed E-state index contributed by atoms with van der Waals surface area (Å²) in [4.78, 5) is 20.7. The van der Waals surface area contributed by atoms with Crippen molar-refractivity contribution in [3.8, 4) is 0 Å². The van der Waals surface area contributed by atoms with Crippen LogP contribution >= 0.6 is 0 Å².